The summed E-state index contributed by atoms with van der Waals surface area (Å²) >= 11 is 0. The van der Waals surface area contributed by atoms with Crippen molar-refractivity contribution >= 4 is 12.0 Å². The molecule has 1 radical (unpaired) electrons. The Balaban J connectivity index is 2.66. The summed E-state index contributed by atoms with van der Waals surface area (Å²) in [5.74, 6) is 0.0856. The van der Waals surface area contributed by atoms with E-state index in [1.54, 1.807) is 12.3 Å². The molecule has 0 fully saturated rings. The number of allylic oxidation sites excluding steroid dienone is 1. The van der Waals surface area contributed by atoms with Gasteiger partial charge in [0.2, 0.25) is 12.0 Å². The molecule has 0 amide bonds. The van der Waals surface area contributed by atoms with Gasteiger partial charge in [0.1, 0.15) is 0 Å². The van der Waals surface area contributed by atoms with Crippen molar-refractivity contribution in [1.29, 1.82) is 0 Å². The van der Waals surface area contributed by atoms with Gasteiger partial charge < -0.3 is 0 Å². The molecule has 1 rings (SSSR count). The van der Waals surface area contributed by atoms with E-state index in [0.717, 1.165) is 0 Å². The van der Waals surface area contributed by atoms with Gasteiger partial charge in [-0.2, -0.15) is 0 Å². The highest BCUT2D eigenvalue weighted by Crippen LogP contribution is 1.83. The van der Waals surface area contributed by atoms with Crippen LogP contribution in [0, 0.1) is 0 Å². The van der Waals surface area contributed by atoms with E-state index in [2.05, 4.69) is 4.99 Å². The van der Waals surface area contributed by atoms with Crippen LogP contribution in [0.15, 0.2) is 12.3 Å². The zero-order valence-electron chi connectivity index (χ0n) is 3.79. The molecule has 0 aromatic heterocycles. The van der Waals surface area contributed by atoms with E-state index in [-0.39, 0.29) is 5.78 Å². The Morgan fingerprint density at radius 1 is 1.71 bits per heavy atom. The van der Waals surface area contributed by atoms with Gasteiger partial charge >= 0.3 is 0 Å². The minimum absolute atomic E-state index is 0.0856. The molecule has 0 N–H and O–H groups in total. The average Bonchev–Trinajstić information content (AvgIpc) is 1.69. The molecule has 0 aliphatic carbocycles. The maximum atomic E-state index is 10.3. The second kappa shape index (κ2) is 1.69. The average molecular weight is 95.1 g/mol. The number of hydrogen-bond acceptors (Lipinski definition) is 2. The van der Waals surface area contributed by atoms with Crippen molar-refractivity contribution in [2.24, 2.45) is 0 Å². The van der Waals surface area contributed by atoms with Crippen molar-refractivity contribution in [2.75, 3.05) is 0 Å². The maximum Gasteiger partial charge on any atom is 0.285 e. The molecule has 7 heavy (non-hydrogen) atoms. The van der Waals surface area contributed by atoms with Crippen LogP contribution in [0.25, 0.3) is 0 Å². The van der Waals surface area contributed by atoms with E-state index >= 15 is 0 Å². The van der Waals surface area contributed by atoms with Crippen LogP contribution in [0.1, 0.15) is 6.42 Å². The van der Waals surface area contributed by atoms with Gasteiger partial charge in [-0.05, 0) is 6.08 Å². The van der Waals surface area contributed by atoms with Crippen molar-refractivity contribution in [3.63, 3.8) is 0 Å². The van der Waals surface area contributed by atoms with E-state index in [1.807, 2.05) is 0 Å². The molecule has 0 spiro atoms. The molecule has 0 atom stereocenters. The molecule has 0 unspecified atom stereocenters. The first kappa shape index (κ1) is 4.24. The molecular weight excluding hydrogens is 90.1 g/mol. The van der Waals surface area contributed by atoms with E-state index in [0.29, 0.717) is 6.42 Å². The van der Waals surface area contributed by atoms with Gasteiger partial charge in [0.25, 0.3) is 6.21 Å². The van der Waals surface area contributed by atoms with Gasteiger partial charge in [0.05, 0.1) is 4.99 Å². The van der Waals surface area contributed by atoms with E-state index < -0.39 is 0 Å². The Bertz CT molecular complexity index is 135. The topological polar surface area (TPSA) is 31.2 Å². The smallest absolute Gasteiger partial charge is 0.285 e. The van der Waals surface area contributed by atoms with Crippen LogP contribution in [-0.4, -0.2) is 12.0 Å². The number of Topliss-reactive ketones (excluding diaryl/α,β-unsaturated/α-hetero) is 1. The van der Waals surface area contributed by atoms with Crippen LogP contribution >= 0.6 is 0 Å². The number of hydrogen-bond donors (Lipinski definition) is 0. The summed E-state index contributed by atoms with van der Waals surface area (Å²) in [6.07, 6.45) is 5.22. The molecule has 0 saturated heterocycles. The molecular formula is C5H5NO+. The molecule has 0 bridgehead atoms. The van der Waals surface area contributed by atoms with Crippen LogP contribution in [0.2, 0.25) is 0 Å². The predicted molar refractivity (Wildman–Crippen MR) is 27.0 cm³/mol. The first-order chi connectivity index (χ1) is 3.39. The fourth-order valence-corrected chi connectivity index (χ4v) is 0.409. The van der Waals surface area contributed by atoms with Gasteiger partial charge in [-0.15, -0.1) is 0 Å². The molecule has 1 aliphatic rings. The standard InChI is InChI=1S/C5H5NO/c7-5-2-1-3-6-4-5/h1,3-4H,2H2/q+1. The van der Waals surface area contributed by atoms with E-state index in [1.165, 1.54) is 6.21 Å². The fraction of sp³-hybridized carbons (Fsp3) is 0.200. The van der Waals surface area contributed by atoms with E-state index in [9.17, 15) is 4.79 Å². The molecule has 1 aliphatic heterocycles. The molecule has 2 nitrogen and oxygen atoms in total. The number of rotatable bonds is 0. The third-order valence-corrected chi connectivity index (χ3v) is 0.729. The van der Waals surface area contributed by atoms with Gasteiger partial charge in [-0.25, -0.2) is 0 Å². The summed E-state index contributed by atoms with van der Waals surface area (Å²) in [6.45, 7) is 0. The minimum atomic E-state index is 0.0856. The van der Waals surface area contributed by atoms with Crippen LogP contribution in [-0.2, 0) is 4.79 Å². The Kier molecular flexibility index (Phi) is 1.02. The lowest BCUT2D eigenvalue weighted by Gasteiger charge is -1.77. The summed E-state index contributed by atoms with van der Waals surface area (Å²) in [7, 11) is 0. The molecule has 1 heterocycles. The highest BCUT2D eigenvalue weighted by atomic mass is 16.1. The summed E-state index contributed by atoms with van der Waals surface area (Å²) in [5.41, 5.74) is 0. The van der Waals surface area contributed by atoms with Crippen LogP contribution < -0.4 is 4.99 Å². The predicted octanol–water partition coefficient (Wildman–Crippen LogP) is -0.120. The minimum Gasteiger partial charge on any atom is -0.288 e. The molecule has 0 aromatic carbocycles. The quantitative estimate of drug-likeness (QED) is 0.412. The summed E-state index contributed by atoms with van der Waals surface area (Å²) in [4.78, 5) is 13.9. The molecule has 0 saturated carbocycles. The lowest BCUT2D eigenvalue weighted by Crippen LogP contribution is -2.04. The summed E-state index contributed by atoms with van der Waals surface area (Å²) in [6, 6.07) is 0. The Morgan fingerprint density at radius 3 is 2.86 bits per heavy atom. The van der Waals surface area contributed by atoms with Crippen molar-refractivity contribution in [3.8, 4) is 0 Å². The fourth-order valence-electron chi connectivity index (χ4n) is 0.409. The van der Waals surface area contributed by atoms with Gasteiger partial charge in [-0.1, -0.05) is 0 Å². The van der Waals surface area contributed by atoms with Crippen molar-refractivity contribution in [2.45, 2.75) is 6.42 Å². The molecule has 2 heteroatoms. The van der Waals surface area contributed by atoms with Gasteiger partial charge in [0, 0.05) is 6.42 Å². The number of ketones is 1. The third-order valence-electron chi connectivity index (χ3n) is 0.729. The number of aliphatic imine (C=N–C) groups is 1. The summed E-state index contributed by atoms with van der Waals surface area (Å²) in [5, 5.41) is 0. The molecule has 35 valence electrons. The normalized spacial score (nSPS) is 18.0. The zero-order valence-corrected chi connectivity index (χ0v) is 3.79. The second-order valence-corrected chi connectivity index (χ2v) is 1.33. The monoisotopic (exact) mass is 95.0 g/mol. The van der Waals surface area contributed by atoms with Crippen LogP contribution in [0.3, 0.4) is 0 Å². The first-order valence-electron chi connectivity index (χ1n) is 2.10. The maximum absolute atomic E-state index is 10.3. The SMILES string of the molecule is O=C1C=[N+]C=CC1. The van der Waals surface area contributed by atoms with Crippen molar-refractivity contribution in [1.82, 2.24) is 4.99 Å². The van der Waals surface area contributed by atoms with Crippen molar-refractivity contribution in [3.05, 3.63) is 12.3 Å². The summed E-state index contributed by atoms with van der Waals surface area (Å²) < 4.78 is 0. The number of carbonyl (C=O) groups is 1. The Morgan fingerprint density at radius 2 is 2.57 bits per heavy atom. The lowest BCUT2D eigenvalue weighted by molar-refractivity contribution is -0.111. The second-order valence-electron chi connectivity index (χ2n) is 1.33. The molecule has 0 aromatic rings. The van der Waals surface area contributed by atoms with Crippen LogP contribution in [0.5, 0.6) is 0 Å². The number of nitrogens with zero attached hydrogens (tertiary/aromatic N) is 1. The Hall–Kier alpha value is -0.920. The van der Waals surface area contributed by atoms with Gasteiger partial charge in [-0.3, -0.25) is 4.79 Å². The van der Waals surface area contributed by atoms with Crippen molar-refractivity contribution < 1.29 is 4.79 Å². The largest absolute Gasteiger partial charge is 0.288 e. The highest BCUT2D eigenvalue weighted by Gasteiger charge is 2.04. The zero-order chi connectivity index (χ0) is 5.11. The third kappa shape index (κ3) is 0.961. The van der Waals surface area contributed by atoms with E-state index in [4.69, 9.17) is 0 Å². The highest BCUT2D eigenvalue weighted by molar-refractivity contribution is 6.28. The first-order valence-corrected chi connectivity index (χ1v) is 2.10. The van der Waals surface area contributed by atoms with Gasteiger partial charge in [0.15, 0.2) is 0 Å². The number of carbonyl (C=O) groups excluding carboxylic acids is 1. The Labute approximate surface area is 41.6 Å². The van der Waals surface area contributed by atoms with Crippen LogP contribution in [0.4, 0.5) is 0 Å². The lowest BCUT2D eigenvalue weighted by atomic mass is 10.3.